The van der Waals surface area contributed by atoms with Crippen molar-refractivity contribution in [2.75, 3.05) is 11.4 Å². The standard InChI is InChI=1S/C20H22N2O/c1-3-16(20(21)23)17-8-4-5-9-19(17)22-12-6-7-15-13-14(2)10-11-18(15)22/h1,4-5,8-11,13,15-16,18H,6-7,12H2,2H3,(H2,21,23). The average molecular weight is 306 g/mol. The molecule has 0 saturated carbocycles. The molecule has 0 bridgehead atoms. The lowest BCUT2D eigenvalue weighted by Crippen LogP contribution is -2.45. The fraction of sp³-hybridized carbons (Fsp3) is 0.350. The summed E-state index contributed by atoms with van der Waals surface area (Å²) in [5.74, 6) is 1.91. The van der Waals surface area contributed by atoms with Crippen LogP contribution in [0.15, 0.2) is 48.1 Å². The van der Waals surface area contributed by atoms with Crippen LogP contribution in [0.25, 0.3) is 0 Å². The predicted molar refractivity (Wildman–Crippen MR) is 94.0 cm³/mol. The maximum absolute atomic E-state index is 11.7. The number of nitrogens with zero attached hydrogens (tertiary/aromatic N) is 1. The summed E-state index contributed by atoms with van der Waals surface area (Å²) >= 11 is 0. The first kappa shape index (κ1) is 15.4. The molecule has 2 N–H and O–H groups in total. The lowest BCUT2D eigenvalue weighted by molar-refractivity contribution is -0.118. The van der Waals surface area contributed by atoms with Gasteiger partial charge in [0.05, 0.1) is 6.04 Å². The summed E-state index contributed by atoms with van der Waals surface area (Å²) in [6, 6.07) is 8.19. The molecule has 23 heavy (non-hydrogen) atoms. The maximum Gasteiger partial charge on any atom is 0.237 e. The molecule has 0 spiro atoms. The third kappa shape index (κ3) is 2.90. The number of anilines is 1. The van der Waals surface area contributed by atoms with Gasteiger partial charge in [-0.1, -0.05) is 47.9 Å². The summed E-state index contributed by atoms with van der Waals surface area (Å²) in [5, 5.41) is 0. The zero-order chi connectivity index (χ0) is 16.4. The largest absolute Gasteiger partial charge is 0.368 e. The molecule has 1 aliphatic carbocycles. The molecule has 1 saturated heterocycles. The second-order valence-corrected chi connectivity index (χ2v) is 6.32. The number of amides is 1. The number of benzene rings is 1. The lowest BCUT2D eigenvalue weighted by atomic mass is 9.83. The van der Waals surface area contributed by atoms with Gasteiger partial charge in [-0.15, -0.1) is 6.42 Å². The first-order chi connectivity index (χ1) is 11.1. The smallest absolute Gasteiger partial charge is 0.237 e. The van der Waals surface area contributed by atoms with Crippen molar-refractivity contribution in [3.63, 3.8) is 0 Å². The minimum absolute atomic E-state index is 0.319. The Bertz CT molecular complexity index is 711. The molecule has 1 aromatic rings. The Hall–Kier alpha value is -2.47. The van der Waals surface area contributed by atoms with Gasteiger partial charge in [-0.3, -0.25) is 4.79 Å². The number of carbonyl (C=O) groups is 1. The Morgan fingerprint density at radius 3 is 2.96 bits per heavy atom. The fourth-order valence-electron chi connectivity index (χ4n) is 3.72. The quantitative estimate of drug-likeness (QED) is 0.873. The van der Waals surface area contributed by atoms with Crippen LogP contribution in [0, 0.1) is 18.3 Å². The SMILES string of the molecule is C#CC(C(N)=O)c1ccccc1N1CCCC2C=C(C)C=CC21. The summed E-state index contributed by atoms with van der Waals surface area (Å²) < 4.78 is 0. The molecule has 1 fully saturated rings. The number of fused-ring (bicyclic) bond motifs is 1. The molecule has 1 aromatic carbocycles. The van der Waals surface area contributed by atoms with Crippen molar-refractivity contribution in [2.45, 2.75) is 31.7 Å². The number of terminal acetylenes is 1. The van der Waals surface area contributed by atoms with Crippen LogP contribution in [-0.4, -0.2) is 18.5 Å². The number of carbonyl (C=O) groups excluding carboxylic acids is 1. The van der Waals surface area contributed by atoms with Crippen LogP contribution in [-0.2, 0) is 4.79 Å². The van der Waals surface area contributed by atoms with E-state index < -0.39 is 11.8 Å². The molecule has 3 atom stereocenters. The Labute approximate surface area is 137 Å². The monoisotopic (exact) mass is 306 g/mol. The topological polar surface area (TPSA) is 46.3 Å². The van der Waals surface area contributed by atoms with Crippen LogP contribution >= 0.6 is 0 Å². The molecule has 0 radical (unpaired) electrons. The van der Waals surface area contributed by atoms with Crippen molar-refractivity contribution in [1.82, 2.24) is 0 Å². The summed E-state index contributed by atoms with van der Waals surface area (Å²) in [6.07, 6.45) is 14.7. The van der Waals surface area contributed by atoms with Gasteiger partial charge in [0.2, 0.25) is 5.91 Å². The van der Waals surface area contributed by atoms with Gasteiger partial charge in [0.1, 0.15) is 5.92 Å². The number of para-hydroxylation sites is 1. The first-order valence-electron chi connectivity index (χ1n) is 8.09. The van der Waals surface area contributed by atoms with Crippen LogP contribution in [0.1, 0.15) is 31.2 Å². The van der Waals surface area contributed by atoms with Crippen LogP contribution in [0.2, 0.25) is 0 Å². The van der Waals surface area contributed by atoms with E-state index in [1.807, 2.05) is 24.3 Å². The normalized spacial score (nSPS) is 24.3. The van der Waals surface area contributed by atoms with E-state index in [4.69, 9.17) is 12.2 Å². The molecular formula is C20H22N2O. The Morgan fingerprint density at radius 1 is 1.43 bits per heavy atom. The van der Waals surface area contributed by atoms with E-state index in [-0.39, 0.29) is 0 Å². The molecule has 3 heteroatoms. The minimum Gasteiger partial charge on any atom is -0.368 e. The van der Waals surface area contributed by atoms with E-state index in [2.05, 4.69) is 36.0 Å². The van der Waals surface area contributed by atoms with Gasteiger partial charge in [-0.2, -0.15) is 0 Å². The highest BCUT2D eigenvalue weighted by molar-refractivity contribution is 5.87. The maximum atomic E-state index is 11.7. The first-order valence-corrected chi connectivity index (χ1v) is 8.09. The number of rotatable bonds is 3. The number of primary amides is 1. The number of hydrogen-bond acceptors (Lipinski definition) is 2. The van der Waals surface area contributed by atoms with E-state index in [0.717, 1.165) is 24.2 Å². The van der Waals surface area contributed by atoms with Gasteiger partial charge >= 0.3 is 0 Å². The van der Waals surface area contributed by atoms with Crippen molar-refractivity contribution in [3.8, 4) is 12.3 Å². The second kappa shape index (κ2) is 6.34. The minimum atomic E-state index is -0.684. The zero-order valence-electron chi connectivity index (χ0n) is 13.4. The molecule has 3 rings (SSSR count). The zero-order valence-corrected chi connectivity index (χ0v) is 13.4. The molecule has 118 valence electrons. The van der Waals surface area contributed by atoms with Gasteiger partial charge in [0, 0.05) is 18.2 Å². The average Bonchev–Trinajstić information content (AvgIpc) is 2.55. The van der Waals surface area contributed by atoms with Crippen molar-refractivity contribution in [2.24, 2.45) is 11.7 Å². The molecule has 1 amide bonds. The molecule has 2 aliphatic rings. The second-order valence-electron chi connectivity index (χ2n) is 6.32. The number of hydrogen-bond donors (Lipinski definition) is 1. The van der Waals surface area contributed by atoms with Crippen molar-refractivity contribution in [1.29, 1.82) is 0 Å². The number of piperidine rings is 1. The molecule has 1 aliphatic heterocycles. The summed E-state index contributed by atoms with van der Waals surface area (Å²) in [5.41, 5.74) is 8.69. The van der Waals surface area contributed by atoms with Crippen LogP contribution in [0.4, 0.5) is 5.69 Å². The van der Waals surface area contributed by atoms with Crippen LogP contribution in [0.5, 0.6) is 0 Å². The lowest BCUT2D eigenvalue weighted by Gasteiger charge is -2.43. The van der Waals surface area contributed by atoms with E-state index >= 15 is 0 Å². The number of nitrogens with two attached hydrogens (primary N) is 1. The van der Waals surface area contributed by atoms with E-state index in [9.17, 15) is 4.79 Å². The summed E-state index contributed by atoms with van der Waals surface area (Å²) in [6.45, 7) is 3.10. The van der Waals surface area contributed by atoms with Crippen molar-refractivity contribution < 1.29 is 4.79 Å². The predicted octanol–water partition coefficient (Wildman–Crippen LogP) is 2.99. The third-order valence-corrected chi connectivity index (χ3v) is 4.78. The van der Waals surface area contributed by atoms with Crippen LogP contribution < -0.4 is 10.6 Å². The Balaban J connectivity index is 2.00. The highest BCUT2D eigenvalue weighted by atomic mass is 16.1. The van der Waals surface area contributed by atoms with Gasteiger partial charge in [0.25, 0.3) is 0 Å². The van der Waals surface area contributed by atoms with Gasteiger partial charge in [-0.05, 0) is 31.4 Å². The molecule has 0 aromatic heterocycles. The van der Waals surface area contributed by atoms with E-state index in [1.54, 1.807) is 0 Å². The summed E-state index contributed by atoms with van der Waals surface area (Å²) in [7, 11) is 0. The third-order valence-electron chi connectivity index (χ3n) is 4.78. The van der Waals surface area contributed by atoms with Crippen molar-refractivity contribution >= 4 is 11.6 Å². The molecule has 3 unspecified atom stereocenters. The van der Waals surface area contributed by atoms with Crippen molar-refractivity contribution in [3.05, 3.63) is 53.6 Å². The van der Waals surface area contributed by atoms with E-state index in [1.165, 1.54) is 12.0 Å². The molecule has 1 heterocycles. The van der Waals surface area contributed by atoms with E-state index in [0.29, 0.717) is 12.0 Å². The highest BCUT2D eigenvalue weighted by Crippen LogP contribution is 2.37. The Kier molecular flexibility index (Phi) is 4.25. The summed E-state index contributed by atoms with van der Waals surface area (Å²) in [4.78, 5) is 14.1. The van der Waals surface area contributed by atoms with Gasteiger partial charge in [0.15, 0.2) is 0 Å². The van der Waals surface area contributed by atoms with Gasteiger partial charge in [-0.25, -0.2) is 0 Å². The molecule has 3 nitrogen and oxygen atoms in total. The molecular weight excluding hydrogens is 284 g/mol. The fourth-order valence-corrected chi connectivity index (χ4v) is 3.72. The number of allylic oxidation sites excluding steroid dienone is 2. The van der Waals surface area contributed by atoms with Gasteiger partial charge < -0.3 is 10.6 Å². The Morgan fingerprint density at radius 2 is 2.22 bits per heavy atom. The van der Waals surface area contributed by atoms with Crippen LogP contribution in [0.3, 0.4) is 0 Å². The highest BCUT2D eigenvalue weighted by Gasteiger charge is 2.32.